The largest absolute Gasteiger partial charge is 0.369 e. The molecule has 22 heavy (non-hydrogen) atoms. The summed E-state index contributed by atoms with van der Waals surface area (Å²) >= 11 is 0. The number of primary amides is 3. The van der Waals surface area contributed by atoms with E-state index in [1.165, 1.54) is 12.4 Å². The van der Waals surface area contributed by atoms with E-state index in [-0.39, 0.29) is 17.7 Å². The van der Waals surface area contributed by atoms with Gasteiger partial charge >= 0.3 is 0 Å². The van der Waals surface area contributed by atoms with E-state index in [1.54, 1.807) is 0 Å². The summed E-state index contributed by atoms with van der Waals surface area (Å²) in [6.07, 6.45) is 2.18. The van der Waals surface area contributed by atoms with Crippen molar-refractivity contribution in [3.05, 3.63) is 0 Å². The third-order valence-electron chi connectivity index (χ3n) is 3.82. The van der Waals surface area contributed by atoms with Crippen LogP contribution in [0.3, 0.4) is 0 Å². The predicted octanol–water partition coefficient (Wildman–Crippen LogP) is -2.51. The third kappa shape index (κ3) is 3.12. The summed E-state index contributed by atoms with van der Waals surface area (Å²) in [5, 5.41) is 17.4. The van der Waals surface area contributed by atoms with Gasteiger partial charge in [-0.25, -0.2) is 0 Å². The summed E-state index contributed by atoms with van der Waals surface area (Å²) in [7, 11) is 0. The Hall–Kier alpha value is -3.14. The average molecular weight is 306 g/mol. The predicted molar refractivity (Wildman–Crippen MR) is 68.8 cm³/mol. The fraction of sp³-hybridized carbons (Fsp3) is 0.500. The molecule has 0 spiro atoms. The number of hydrogen-bond donors (Lipinski definition) is 3. The Labute approximate surface area is 125 Å². The maximum Gasteiger partial charge on any atom is 0.253 e. The molecule has 1 aliphatic carbocycles. The average Bonchev–Trinajstić information content (AvgIpc) is 2.46. The number of amides is 4. The summed E-state index contributed by atoms with van der Waals surface area (Å²) in [4.78, 5) is 46.7. The van der Waals surface area contributed by atoms with Crippen molar-refractivity contribution in [2.45, 2.75) is 12.8 Å². The Bertz CT molecular complexity index is 590. The van der Waals surface area contributed by atoms with Crippen LogP contribution in [0.4, 0.5) is 0 Å². The normalized spacial score (nSPS) is 27.0. The van der Waals surface area contributed by atoms with Crippen LogP contribution in [0, 0.1) is 46.6 Å². The van der Waals surface area contributed by atoms with Gasteiger partial charge in [-0.2, -0.15) is 10.5 Å². The first kappa shape index (κ1) is 16.9. The van der Waals surface area contributed by atoms with E-state index in [2.05, 4.69) is 0 Å². The molecule has 4 unspecified atom stereocenters. The molecular formula is C12H14N6O4. The van der Waals surface area contributed by atoms with Crippen LogP contribution >= 0.6 is 0 Å². The lowest BCUT2D eigenvalue weighted by Gasteiger charge is -2.36. The lowest BCUT2D eigenvalue weighted by molar-refractivity contribution is -0.146. The Morgan fingerprint density at radius 1 is 0.773 bits per heavy atom. The second-order valence-electron chi connectivity index (χ2n) is 4.98. The molecule has 10 nitrogen and oxygen atoms in total. The number of rotatable bonds is 4. The summed E-state index contributed by atoms with van der Waals surface area (Å²) < 4.78 is 0. The van der Waals surface area contributed by atoms with Gasteiger partial charge in [0.1, 0.15) is 0 Å². The van der Waals surface area contributed by atoms with Crippen LogP contribution in [0.1, 0.15) is 12.8 Å². The fourth-order valence-electron chi connectivity index (χ4n) is 2.71. The number of hydrogen-bond acceptors (Lipinski definition) is 6. The van der Waals surface area contributed by atoms with Crippen molar-refractivity contribution in [1.82, 2.24) is 4.90 Å². The maximum atomic E-state index is 12.1. The summed E-state index contributed by atoms with van der Waals surface area (Å²) in [6, 6.07) is 0. The molecule has 0 aromatic carbocycles. The third-order valence-corrected chi connectivity index (χ3v) is 3.82. The van der Waals surface area contributed by atoms with Crippen molar-refractivity contribution in [3.8, 4) is 12.4 Å². The molecule has 4 atom stereocenters. The number of nitrogens with zero attached hydrogens (tertiary/aromatic N) is 3. The van der Waals surface area contributed by atoms with E-state index >= 15 is 0 Å². The molecule has 1 rings (SSSR count). The molecule has 1 fully saturated rings. The van der Waals surface area contributed by atoms with Crippen LogP contribution in [-0.2, 0) is 19.2 Å². The highest BCUT2D eigenvalue weighted by molar-refractivity contribution is 5.92. The summed E-state index contributed by atoms with van der Waals surface area (Å²) in [5.74, 6) is -7.96. The molecule has 116 valence electrons. The van der Waals surface area contributed by atoms with Crippen molar-refractivity contribution < 1.29 is 19.2 Å². The molecule has 0 bridgehead atoms. The van der Waals surface area contributed by atoms with E-state index in [4.69, 9.17) is 27.7 Å². The van der Waals surface area contributed by atoms with Crippen molar-refractivity contribution in [1.29, 1.82) is 10.5 Å². The first-order valence-corrected chi connectivity index (χ1v) is 6.25. The van der Waals surface area contributed by atoms with E-state index in [0.29, 0.717) is 0 Å². The van der Waals surface area contributed by atoms with Crippen molar-refractivity contribution in [2.24, 2.45) is 40.9 Å². The zero-order valence-electron chi connectivity index (χ0n) is 11.4. The highest BCUT2D eigenvalue weighted by Crippen LogP contribution is 2.38. The summed E-state index contributed by atoms with van der Waals surface area (Å²) in [5.41, 5.74) is 15.6. The highest BCUT2D eigenvalue weighted by atomic mass is 16.2. The lowest BCUT2D eigenvalue weighted by Crippen LogP contribution is -2.51. The first-order chi connectivity index (χ1) is 10.2. The zero-order chi connectivity index (χ0) is 17.0. The molecule has 10 heteroatoms. The van der Waals surface area contributed by atoms with Crippen LogP contribution < -0.4 is 17.2 Å². The van der Waals surface area contributed by atoms with Gasteiger partial charge in [0.2, 0.25) is 30.1 Å². The van der Waals surface area contributed by atoms with Crippen LogP contribution in [0.25, 0.3) is 0 Å². The lowest BCUT2D eigenvalue weighted by atomic mass is 9.67. The number of carbonyl (C=O) groups excluding carboxylic acids is 4. The van der Waals surface area contributed by atoms with Crippen molar-refractivity contribution in [2.75, 3.05) is 0 Å². The topological polar surface area (TPSA) is 197 Å². The van der Waals surface area contributed by atoms with E-state index < -0.39 is 47.3 Å². The first-order valence-electron chi connectivity index (χ1n) is 6.25. The zero-order valence-corrected chi connectivity index (χ0v) is 11.4. The Morgan fingerprint density at radius 2 is 1.09 bits per heavy atom. The molecule has 0 radical (unpaired) electrons. The number of nitrogens with two attached hydrogens (primary N) is 3. The van der Waals surface area contributed by atoms with Crippen molar-refractivity contribution >= 4 is 23.6 Å². The van der Waals surface area contributed by atoms with Gasteiger partial charge in [0.25, 0.3) is 5.91 Å². The number of nitriles is 2. The Balaban J connectivity index is 3.20. The van der Waals surface area contributed by atoms with Gasteiger partial charge in [-0.3, -0.25) is 19.2 Å². The van der Waals surface area contributed by atoms with Crippen LogP contribution in [0.5, 0.6) is 0 Å². The van der Waals surface area contributed by atoms with E-state index in [9.17, 15) is 19.2 Å². The molecule has 4 amide bonds. The Kier molecular flexibility index (Phi) is 5.03. The van der Waals surface area contributed by atoms with E-state index in [0.717, 1.165) is 0 Å². The molecule has 0 heterocycles. The maximum absolute atomic E-state index is 12.1. The van der Waals surface area contributed by atoms with Gasteiger partial charge in [0, 0.05) is 0 Å². The van der Waals surface area contributed by atoms with Gasteiger partial charge in [-0.05, 0) is 12.8 Å². The quantitative estimate of drug-likeness (QED) is 0.378. The van der Waals surface area contributed by atoms with Crippen LogP contribution in [-0.4, -0.2) is 28.5 Å². The minimum atomic E-state index is -1.19. The standard InChI is InChI=1S/C12H14N6O4/c13-3-18(4-14)12(22)8-2-6(10(16)20)5(9(15)19)1-7(8)11(17)21/h5-8H,1-2H2,(H2,15,19)(H2,16,20)(H2,17,21). The summed E-state index contributed by atoms with van der Waals surface area (Å²) in [6.45, 7) is 0. The highest BCUT2D eigenvalue weighted by Gasteiger charge is 2.48. The SMILES string of the molecule is N#CN(C#N)C(=O)C1CC(C(N)=O)C(C(N)=O)CC1C(N)=O. The second kappa shape index (κ2) is 6.54. The molecule has 6 N–H and O–H groups in total. The van der Waals surface area contributed by atoms with Gasteiger partial charge in [-0.15, -0.1) is 4.90 Å². The van der Waals surface area contributed by atoms with Gasteiger partial charge in [0.15, 0.2) is 0 Å². The van der Waals surface area contributed by atoms with Gasteiger partial charge < -0.3 is 17.2 Å². The smallest absolute Gasteiger partial charge is 0.253 e. The van der Waals surface area contributed by atoms with Crippen LogP contribution in [0.15, 0.2) is 0 Å². The van der Waals surface area contributed by atoms with E-state index in [1.807, 2.05) is 0 Å². The minimum absolute atomic E-state index is 0.184. The van der Waals surface area contributed by atoms with Crippen molar-refractivity contribution in [3.63, 3.8) is 0 Å². The fourth-order valence-corrected chi connectivity index (χ4v) is 2.71. The molecule has 0 aromatic heterocycles. The molecule has 1 aliphatic rings. The second-order valence-corrected chi connectivity index (χ2v) is 4.98. The number of carbonyl (C=O) groups is 4. The monoisotopic (exact) mass is 306 g/mol. The molecule has 1 saturated carbocycles. The molecular weight excluding hydrogens is 292 g/mol. The minimum Gasteiger partial charge on any atom is -0.369 e. The van der Waals surface area contributed by atoms with Crippen LogP contribution in [0.2, 0.25) is 0 Å². The molecule has 0 aliphatic heterocycles. The molecule has 0 saturated heterocycles. The van der Waals surface area contributed by atoms with Gasteiger partial charge in [-0.1, -0.05) is 0 Å². The Morgan fingerprint density at radius 3 is 1.41 bits per heavy atom. The molecule has 0 aromatic rings. The van der Waals surface area contributed by atoms with Gasteiger partial charge in [0.05, 0.1) is 23.7 Å².